The van der Waals surface area contributed by atoms with Gasteiger partial charge in [-0.3, -0.25) is 4.79 Å². The van der Waals surface area contributed by atoms with Gasteiger partial charge in [-0.15, -0.1) is 0 Å². The van der Waals surface area contributed by atoms with Crippen LogP contribution < -0.4 is 10.1 Å². The van der Waals surface area contributed by atoms with Crippen LogP contribution in [0.15, 0.2) is 48.7 Å². The van der Waals surface area contributed by atoms with E-state index in [-0.39, 0.29) is 58.9 Å². The predicted molar refractivity (Wildman–Crippen MR) is 143 cm³/mol. The quantitative estimate of drug-likeness (QED) is 0.193. The van der Waals surface area contributed by atoms with Crippen LogP contribution in [0.2, 0.25) is 0 Å². The Hall–Kier alpha value is -4.63. The molecule has 2 aromatic carbocycles. The Morgan fingerprint density at radius 1 is 0.870 bits per heavy atom. The lowest BCUT2D eigenvalue weighted by Crippen LogP contribution is -2.30. The minimum Gasteiger partial charge on any atom is -0.472 e. The van der Waals surface area contributed by atoms with E-state index in [2.05, 4.69) is 4.98 Å². The van der Waals surface area contributed by atoms with E-state index in [1.165, 1.54) is 13.0 Å². The SMILES string of the molecule is CCOC(=O)c1cc(NC(=O)C(F)(F)F)cc(C2=C(c3cc(C(F)(F)F)cnc3OCc3ccc(C(F)(F)F)cc3F)CCC2)c1. The van der Waals surface area contributed by atoms with E-state index in [1.807, 2.05) is 0 Å². The van der Waals surface area contributed by atoms with Gasteiger partial charge in [0.1, 0.15) is 12.4 Å². The maximum absolute atomic E-state index is 14.5. The summed E-state index contributed by atoms with van der Waals surface area (Å²) in [5, 5.41) is 1.65. The minimum atomic E-state index is -5.28. The average molecular weight is 664 g/mol. The first kappa shape index (κ1) is 34.2. The molecule has 1 aliphatic rings. The van der Waals surface area contributed by atoms with E-state index < -0.39 is 65.5 Å². The van der Waals surface area contributed by atoms with E-state index in [1.54, 1.807) is 5.32 Å². The fraction of sp³-hybridized carbons (Fsp3) is 0.300. The molecule has 0 spiro atoms. The van der Waals surface area contributed by atoms with Crippen molar-refractivity contribution in [3.05, 3.63) is 87.9 Å². The van der Waals surface area contributed by atoms with Crippen LogP contribution in [0.4, 0.5) is 49.6 Å². The summed E-state index contributed by atoms with van der Waals surface area (Å²) in [4.78, 5) is 27.9. The van der Waals surface area contributed by atoms with Crippen LogP contribution in [0, 0.1) is 5.82 Å². The summed E-state index contributed by atoms with van der Waals surface area (Å²) in [6, 6.07) is 5.63. The van der Waals surface area contributed by atoms with Crippen LogP contribution in [-0.2, 0) is 28.5 Å². The molecule has 1 aromatic heterocycles. The third-order valence-corrected chi connectivity index (χ3v) is 6.77. The van der Waals surface area contributed by atoms with E-state index in [0.29, 0.717) is 24.8 Å². The van der Waals surface area contributed by atoms with Crippen molar-refractivity contribution in [1.29, 1.82) is 0 Å². The molecule has 4 rings (SSSR count). The van der Waals surface area contributed by atoms with Crippen molar-refractivity contribution in [3.8, 4) is 5.88 Å². The Kier molecular flexibility index (Phi) is 9.68. The van der Waals surface area contributed by atoms with E-state index in [9.17, 15) is 53.5 Å². The first-order chi connectivity index (χ1) is 21.4. The predicted octanol–water partition coefficient (Wildman–Crippen LogP) is 8.61. The Balaban J connectivity index is 1.81. The molecule has 0 bridgehead atoms. The van der Waals surface area contributed by atoms with Gasteiger partial charge in [-0.2, -0.15) is 39.5 Å². The number of halogens is 10. The zero-order chi connectivity index (χ0) is 34.0. The van der Waals surface area contributed by atoms with Gasteiger partial charge in [0.05, 0.1) is 23.3 Å². The van der Waals surface area contributed by atoms with Crippen molar-refractivity contribution in [1.82, 2.24) is 4.98 Å². The Morgan fingerprint density at radius 2 is 1.54 bits per heavy atom. The molecule has 6 nitrogen and oxygen atoms in total. The highest BCUT2D eigenvalue weighted by atomic mass is 19.4. The molecule has 0 atom stereocenters. The van der Waals surface area contributed by atoms with Crippen molar-refractivity contribution >= 4 is 28.7 Å². The molecule has 0 unspecified atom stereocenters. The molecular formula is C30H22F10N2O4. The molecule has 0 fully saturated rings. The average Bonchev–Trinajstić information content (AvgIpc) is 3.45. The number of esters is 1. The smallest absolute Gasteiger partial charge is 0.471 e. The van der Waals surface area contributed by atoms with E-state index >= 15 is 0 Å². The molecule has 1 N–H and O–H groups in total. The lowest BCUT2D eigenvalue weighted by Gasteiger charge is -2.17. The maximum atomic E-state index is 14.5. The largest absolute Gasteiger partial charge is 0.472 e. The Labute approximate surface area is 254 Å². The van der Waals surface area contributed by atoms with Gasteiger partial charge < -0.3 is 14.8 Å². The topological polar surface area (TPSA) is 77.5 Å². The highest BCUT2D eigenvalue weighted by Crippen LogP contribution is 2.45. The number of allylic oxidation sites excluding steroid dienone is 2. The lowest BCUT2D eigenvalue weighted by molar-refractivity contribution is -0.167. The van der Waals surface area contributed by atoms with Crippen molar-refractivity contribution in [2.75, 3.05) is 11.9 Å². The second kappa shape index (κ2) is 13.0. The molecule has 246 valence electrons. The van der Waals surface area contributed by atoms with Crippen molar-refractivity contribution < 1.29 is 63.0 Å². The maximum Gasteiger partial charge on any atom is 0.471 e. The number of pyridine rings is 1. The van der Waals surface area contributed by atoms with Crippen LogP contribution >= 0.6 is 0 Å². The Morgan fingerprint density at radius 3 is 2.15 bits per heavy atom. The van der Waals surface area contributed by atoms with Gasteiger partial charge in [-0.05, 0) is 79.3 Å². The number of nitrogens with zero attached hydrogens (tertiary/aromatic N) is 1. The summed E-state index contributed by atoms with van der Waals surface area (Å²) in [5.41, 5.74) is -3.20. The summed E-state index contributed by atoms with van der Waals surface area (Å²) in [6.07, 6.45) is -13.9. The van der Waals surface area contributed by atoms with Crippen molar-refractivity contribution in [2.45, 2.75) is 51.3 Å². The lowest BCUT2D eigenvalue weighted by atomic mass is 9.95. The number of hydrogen-bond acceptors (Lipinski definition) is 5. The van der Waals surface area contributed by atoms with E-state index in [0.717, 1.165) is 18.2 Å². The van der Waals surface area contributed by atoms with Crippen LogP contribution in [0.5, 0.6) is 5.88 Å². The molecule has 1 aliphatic carbocycles. The summed E-state index contributed by atoms with van der Waals surface area (Å²) in [5.74, 6) is -5.01. The standard InChI is InChI=1S/C30H22F10N2O4/c1-2-45-26(43)17-8-16(9-20(10-17)42-27(44)30(38,39)40)21-4-3-5-22(21)23-11-19(29(35,36)37)13-41-25(23)46-14-15-6-7-18(12-24(15)31)28(32,33)34/h6-13H,2-5,14H2,1H3,(H,42,44). The number of carbonyl (C=O) groups is 2. The number of aromatic nitrogens is 1. The number of anilines is 1. The van der Waals surface area contributed by atoms with Gasteiger partial charge in [-0.25, -0.2) is 14.2 Å². The number of benzene rings is 2. The summed E-state index contributed by atoms with van der Waals surface area (Å²) in [7, 11) is 0. The molecule has 0 radical (unpaired) electrons. The molecule has 0 saturated carbocycles. The van der Waals surface area contributed by atoms with Crippen molar-refractivity contribution in [3.63, 3.8) is 0 Å². The summed E-state index contributed by atoms with van der Waals surface area (Å²) >= 11 is 0. The van der Waals surface area contributed by atoms with Gasteiger partial charge in [-0.1, -0.05) is 6.07 Å². The summed E-state index contributed by atoms with van der Waals surface area (Å²) < 4.78 is 144. The van der Waals surface area contributed by atoms with Crippen LogP contribution in [-0.4, -0.2) is 29.6 Å². The number of rotatable bonds is 8. The third kappa shape index (κ3) is 7.95. The first-order valence-electron chi connectivity index (χ1n) is 13.4. The number of ether oxygens (including phenoxy) is 2. The fourth-order valence-electron chi connectivity index (χ4n) is 4.69. The van der Waals surface area contributed by atoms with Crippen molar-refractivity contribution in [2.24, 2.45) is 0 Å². The van der Waals surface area contributed by atoms with Gasteiger partial charge in [0, 0.05) is 23.0 Å². The normalized spacial score (nSPS) is 14.0. The fourth-order valence-corrected chi connectivity index (χ4v) is 4.69. The highest BCUT2D eigenvalue weighted by Gasteiger charge is 2.39. The van der Waals surface area contributed by atoms with Crippen LogP contribution in [0.25, 0.3) is 11.1 Å². The molecule has 16 heteroatoms. The third-order valence-electron chi connectivity index (χ3n) is 6.77. The molecule has 0 aliphatic heterocycles. The van der Waals surface area contributed by atoms with E-state index in [4.69, 9.17) is 9.47 Å². The summed E-state index contributed by atoms with van der Waals surface area (Å²) in [6.45, 7) is 0.658. The zero-order valence-electron chi connectivity index (χ0n) is 23.5. The van der Waals surface area contributed by atoms with Gasteiger partial charge >= 0.3 is 30.4 Å². The van der Waals surface area contributed by atoms with Gasteiger partial charge in [0.25, 0.3) is 0 Å². The number of alkyl halides is 9. The number of amides is 1. The van der Waals surface area contributed by atoms with Gasteiger partial charge in [0.15, 0.2) is 0 Å². The van der Waals surface area contributed by atoms with Crippen LogP contribution in [0.1, 0.15) is 64.4 Å². The molecule has 1 heterocycles. The second-order valence-electron chi connectivity index (χ2n) is 9.95. The highest BCUT2D eigenvalue weighted by molar-refractivity contribution is 6.00. The molecular weight excluding hydrogens is 642 g/mol. The zero-order valence-corrected chi connectivity index (χ0v) is 23.5. The second-order valence-corrected chi connectivity index (χ2v) is 9.95. The minimum absolute atomic E-state index is 0.0765. The molecule has 0 saturated heterocycles. The number of hydrogen-bond donors (Lipinski definition) is 1. The monoisotopic (exact) mass is 664 g/mol. The number of carbonyl (C=O) groups excluding carboxylic acids is 2. The first-order valence-corrected chi connectivity index (χ1v) is 13.4. The molecule has 3 aromatic rings. The van der Waals surface area contributed by atoms with Crippen LogP contribution in [0.3, 0.4) is 0 Å². The molecule has 1 amide bonds. The van der Waals surface area contributed by atoms with Gasteiger partial charge in [0.2, 0.25) is 5.88 Å². The Bertz CT molecular complexity index is 1680. The molecule has 46 heavy (non-hydrogen) atoms. The number of nitrogens with one attached hydrogen (secondary N) is 1.